The van der Waals surface area contributed by atoms with Crippen molar-refractivity contribution in [2.75, 3.05) is 60.7 Å². The molecule has 1 saturated heterocycles. The normalized spacial score (nSPS) is 20.1. The van der Waals surface area contributed by atoms with Gasteiger partial charge in [-0.1, -0.05) is 12.1 Å². The lowest BCUT2D eigenvalue weighted by Gasteiger charge is -2.37. The van der Waals surface area contributed by atoms with Gasteiger partial charge in [-0.05, 0) is 13.0 Å². The van der Waals surface area contributed by atoms with Crippen LogP contribution in [-0.2, 0) is 14.3 Å². The van der Waals surface area contributed by atoms with Crippen LogP contribution in [0, 0.1) is 0 Å². The van der Waals surface area contributed by atoms with E-state index in [1.807, 2.05) is 6.07 Å². The van der Waals surface area contributed by atoms with Gasteiger partial charge in [0.15, 0.2) is 11.5 Å². The molecule has 1 atom stereocenters. The molecule has 0 spiro atoms. The lowest BCUT2D eigenvalue weighted by molar-refractivity contribution is -0.139. The fourth-order valence-corrected chi connectivity index (χ4v) is 3.74. The Morgan fingerprint density at radius 1 is 1.23 bits per heavy atom. The topological polar surface area (TPSA) is 89.6 Å². The highest BCUT2D eigenvalue weighted by Crippen LogP contribution is 2.40. The van der Waals surface area contributed by atoms with Gasteiger partial charge < -0.3 is 24.3 Å². The number of carbonyl (C=O) groups is 2. The standard InChI is InChI=1S/C21H29N3O6/c1-5-30-20(25)17-15(13-24-9-11-29-12-10-24)23(2)21(26)22-18(17)14-7-6-8-16(27-3)19(14)28-4/h6-8,18H,5,9-13H2,1-4H3,(H,22,26). The number of urea groups is 1. The van der Waals surface area contributed by atoms with Crippen LogP contribution in [0.4, 0.5) is 4.79 Å². The zero-order valence-corrected chi connectivity index (χ0v) is 17.9. The number of amides is 2. The molecule has 0 saturated carbocycles. The number of nitrogens with one attached hydrogen (secondary N) is 1. The number of carbonyl (C=O) groups excluding carboxylic acids is 2. The quantitative estimate of drug-likeness (QED) is 0.671. The summed E-state index contributed by atoms with van der Waals surface area (Å²) in [5, 5.41) is 2.91. The average molecular weight is 419 g/mol. The number of hydrogen-bond acceptors (Lipinski definition) is 7. The van der Waals surface area contributed by atoms with Crippen molar-refractivity contribution in [3.63, 3.8) is 0 Å². The number of likely N-dealkylation sites (N-methyl/N-ethyl adjacent to an activating group) is 1. The number of esters is 1. The molecule has 0 radical (unpaired) electrons. The first-order valence-corrected chi connectivity index (χ1v) is 9.97. The largest absolute Gasteiger partial charge is 0.493 e. The highest BCUT2D eigenvalue weighted by Gasteiger charge is 2.39. The number of hydrogen-bond donors (Lipinski definition) is 1. The van der Waals surface area contributed by atoms with Crippen LogP contribution in [0.15, 0.2) is 29.5 Å². The summed E-state index contributed by atoms with van der Waals surface area (Å²) in [5.74, 6) is 0.506. The summed E-state index contributed by atoms with van der Waals surface area (Å²) in [6.45, 7) is 5.10. The fourth-order valence-electron chi connectivity index (χ4n) is 3.74. The molecule has 0 aromatic heterocycles. The second-order valence-corrected chi connectivity index (χ2v) is 6.99. The number of para-hydroxylation sites is 1. The molecule has 1 unspecified atom stereocenters. The van der Waals surface area contributed by atoms with Crippen LogP contribution in [0.1, 0.15) is 18.5 Å². The van der Waals surface area contributed by atoms with E-state index in [4.69, 9.17) is 18.9 Å². The van der Waals surface area contributed by atoms with Gasteiger partial charge in [-0.25, -0.2) is 9.59 Å². The van der Waals surface area contributed by atoms with Crippen molar-refractivity contribution >= 4 is 12.0 Å². The van der Waals surface area contributed by atoms with Gasteiger partial charge in [-0.3, -0.25) is 9.80 Å². The molecule has 164 valence electrons. The molecule has 9 nitrogen and oxygen atoms in total. The maximum Gasteiger partial charge on any atom is 0.338 e. The molecular formula is C21H29N3O6. The van der Waals surface area contributed by atoms with Crippen LogP contribution in [-0.4, -0.2) is 82.5 Å². The molecule has 2 heterocycles. The van der Waals surface area contributed by atoms with Gasteiger partial charge in [-0.15, -0.1) is 0 Å². The van der Waals surface area contributed by atoms with Crippen LogP contribution in [0.2, 0.25) is 0 Å². The summed E-state index contributed by atoms with van der Waals surface area (Å²) < 4.78 is 21.8. The highest BCUT2D eigenvalue weighted by molar-refractivity contribution is 5.95. The van der Waals surface area contributed by atoms with E-state index in [0.29, 0.717) is 48.1 Å². The summed E-state index contributed by atoms with van der Waals surface area (Å²) in [7, 11) is 4.73. The molecule has 9 heteroatoms. The van der Waals surface area contributed by atoms with Crippen LogP contribution >= 0.6 is 0 Å². The van der Waals surface area contributed by atoms with Crippen molar-refractivity contribution in [2.45, 2.75) is 13.0 Å². The third-order valence-electron chi connectivity index (χ3n) is 5.29. The number of morpholine rings is 1. The Bertz CT molecular complexity index is 819. The molecule has 3 rings (SSSR count). The monoisotopic (exact) mass is 419 g/mol. The van der Waals surface area contributed by atoms with Crippen molar-refractivity contribution in [1.29, 1.82) is 0 Å². The molecule has 1 aromatic carbocycles. The van der Waals surface area contributed by atoms with Gasteiger partial charge in [-0.2, -0.15) is 0 Å². The van der Waals surface area contributed by atoms with Gasteiger partial charge in [0, 0.05) is 37.9 Å². The first-order chi connectivity index (χ1) is 14.5. The molecular weight excluding hydrogens is 390 g/mol. The highest BCUT2D eigenvalue weighted by atomic mass is 16.5. The van der Waals surface area contributed by atoms with E-state index in [9.17, 15) is 9.59 Å². The number of nitrogens with zero attached hydrogens (tertiary/aromatic N) is 2. The van der Waals surface area contributed by atoms with Crippen LogP contribution in [0.5, 0.6) is 11.5 Å². The van der Waals surface area contributed by atoms with Gasteiger partial charge in [0.05, 0.1) is 45.7 Å². The molecule has 0 aliphatic carbocycles. The van der Waals surface area contributed by atoms with Crippen molar-refractivity contribution < 1.29 is 28.5 Å². The zero-order chi connectivity index (χ0) is 21.7. The summed E-state index contributed by atoms with van der Waals surface area (Å²) in [4.78, 5) is 29.5. The Hall–Kier alpha value is -2.78. The molecule has 2 aliphatic rings. The van der Waals surface area contributed by atoms with E-state index in [1.54, 1.807) is 33.2 Å². The Morgan fingerprint density at radius 2 is 1.97 bits per heavy atom. The lowest BCUT2D eigenvalue weighted by atomic mass is 9.93. The predicted octanol–water partition coefficient (Wildman–Crippen LogP) is 1.55. The van der Waals surface area contributed by atoms with Gasteiger partial charge in [0.1, 0.15) is 0 Å². The minimum absolute atomic E-state index is 0.229. The number of rotatable bonds is 7. The first kappa shape index (κ1) is 21.9. The van der Waals surface area contributed by atoms with Crippen LogP contribution in [0.25, 0.3) is 0 Å². The SMILES string of the molecule is CCOC(=O)C1=C(CN2CCOCC2)N(C)C(=O)NC1c1cccc(OC)c1OC. The summed E-state index contributed by atoms with van der Waals surface area (Å²) >= 11 is 0. The van der Waals surface area contributed by atoms with Crippen molar-refractivity contribution in [3.8, 4) is 11.5 Å². The van der Waals surface area contributed by atoms with Gasteiger partial charge >= 0.3 is 12.0 Å². The van der Waals surface area contributed by atoms with E-state index in [0.717, 1.165) is 13.1 Å². The third kappa shape index (κ3) is 4.36. The van der Waals surface area contributed by atoms with E-state index in [-0.39, 0.29) is 12.6 Å². The van der Waals surface area contributed by atoms with Gasteiger partial charge in [0.25, 0.3) is 0 Å². The number of benzene rings is 1. The van der Waals surface area contributed by atoms with E-state index >= 15 is 0 Å². The van der Waals surface area contributed by atoms with E-state index in [2.05, 4.69) is 10.2 Å². The van der Waals surface area contributed by atoms with E-state index in [1.165, 1.54) is 12.0 Å². The molecule has 1 fully saturated rings. The summed E-state index contributed by atoms with van der Waals surface area (Å²) in [5.41, 5.74) is 1.62. The molecule has 0 bridgehead atoms. The van der Waals surface area contributed by atoms with Crippen molar-refractivity contribution in [1.82, 2.24) is 15.1 Å². The third-order valence-corrected chi connectivity index (χ3v) is 5.29. The number of methoxy groups -OCH3 is 2. The second kappa shape index (κ2) is 9.82. The minimum Gasteiger partial charge on any atom is -0.493 e. The molecule has 1 aromatic rings. The fraction of sp³-hybridized carbons (Fsp3) is 0.524. The molecule has 30 heavy (non-hydrogen) atoms. The molecule has 2 aliphatic heterocycles. The van der Waals surface area contributed by atoms with Crippen LogP contribution in [0.3, 0.4) is 0 Å². The lowest BCUT2D eigenvalue weighted by Crippen LogP contribution is -2.50. The smallest absolute Gasteiger partial charge is 0.338 e. The summed E-state index contributed by atoms with van der Waals surface area (Å²) in [6, 6.07) is 4.34. The van der Waals surface area contributed by atoms with Crippen LogP contribution < -0.4 is 14.8 Å². The maximum atomic E-state index is 13.1. The molecule has 1 N–H and O–H groups in total. The Labute approximate surface area is 176 Å². The Morgan fingerprint density at radius 3 is 2.60 bits per heavy atom. The van der Waals surface area contributed by atoms with Gasteiger partial charge in [0.2, 0.25) is 0 Å². The van der Waals surface area contributed by atoms with Crippen molar-refractivity contribution in [2.24, 2.45) is 0 Å². The first-order valence-electron chi connectivity index (χ1n) is 9.97. The average Bonchev–Trinajstić information content (AvgIpc) is 2.76. The Balaban J connectivity index is 2.12. The van der Waals surface area contributed by atoms with E-state index < -0.39 is 12.0 Å². The van der Waals surface area contributed by atoms with Crippen molar-refractivity contribution in [3.05, 3.63) is 35.0 Å². The zero-order valence-electron chi connectivity index (χ0n) is 17.9. The molecule has 2 amide bonds. The maximum absolute atomic E-state index is 13.1. The number of ether oxygens (including phenoxy) is 4. The second-order valence-electron chi connectivity index (χ2n) is 6.99. The Kier molecular flexibility index (Phi) is 7.17. The predicted molar refractivity (Wildman–Crippen MR) is 109 cm³/mol. The minimum atomic E-state index is -0.728. The summed E-state index contributed by atoms with van der Waals surface area (Å²) in [6.07, 6.45) is 0.